The molecule has 1 saturated heterocycles. The van der Waals surface area contributed by atoms with Crippen molar-refractivity contribution >= 4 is 26.5 Å². The number of hydrogen-bond donors (Lipinski definition) is 1. The van der Waals surface area contributed by atoms with E-state index < -0.39 is 21.8 Å². The van der Waals surface area contributed by atoms with E-state index in [9.17, 15) is 21.6 Å². The van der Waals surface area contributed by atoms with Crippen LogP contribution in [-0.4, -0.2) is 32.5 Å². The first-order valence-electron chi connectivity index (χ1n) is 7.60. The van der Waals surface area contributed by atoms with Gasteiger partial charge in [0.2, 0.25) is 10.0 Å². The molecule has 0 saturated carbocycles. The minimum Gasteiger partial charge on any atom is -0.348 e. The number of halogens is 3. The number of alkyl halides is 3. The maximum absolute atomic E-state index is 12.6. The van der Waals surface area contributed by atoms with Crippen molar-refractivity contribution in [3.63, 3.8) is 0 Å². The molecule has 2 heterocycles. The molecule has 0 bridgehead atoms. The minimum absolute atomic E-state index is 0.164. The lowest BCUT2D eigenvalue weighted by Gasteiger charge is -2.31. The average Bonchev–Trinajstić information content (AvgIpc) is 3.09. The van der Waals surface area contributed by atoms with E-state index in [4.69, 9.17) is 0 Å². The molecule has 1 N–H and O–H groups in total. The first-order valence-corrected chi connectivity index (χ1v) is 9.96. The van der Waals surface area contributed by atoms with Crippen molar-refractivity contribution < 1.29 is 21.6 Å². The topological polar surface area (TPSA) is 62.3 Å². The molecule has 25 heavy (non-hydrogen) atoms. The van der Waals surface area contributed by atoms with Crippen LogP contribution >= 0.6 is 11.3 Å². The molecular formula is C15H16F3N3O2S2. The van der Waals surface area contributed by atoms with Crippen LogP contribution in [0.1, 0.15) is 18.4 Å². The van der Waals surface area contributed by atoms with Crippen LogP contribution in [0.25, 0.3) is 0 Å². The van der Waals surface area contributed by atoms with Crippen molar-refractivity contribution in [1.82, 2.24) is 9.71 Å². The molecule has 136 valence electrons. The maximum Gasteiger partial charge on any atom is 0.416 e. The molecule has 1 aromatic carbocycles. The summed E-state index contributed by atoms with van der Waals surface area (Å²) in [5.41, 5.74) is -0.872. The Morgan fingerprint density at radius 1 is 1.16 bits per heavy atom. The number of nitrogens with one attached hydrogen (secondary N) is 1. The second-order valence-electron chi connectivity index (χ2n) is 5.72. The zero-order valence-corrected chi connectivity index (χ0v) is 14.7. The van der Waals surface area contributed by atoms with Gasteiger partial charge in [-0.3, -0.25) is 0 Å². The number of sulfonamides is 1. The highest BCUT2D eigenvalue weighted by molar-refractivity contribution is 7.89. The number of thiazole rings is 1. The van der Waals surface area contributed by atoms with Crippen LogP contribution < -0.4 is 9.62 Å². The smallest absolute Gasteiger partial charge is 0.348 e. The Morgan fingerprint density at radius 2 is 1.80 bits per heavy atom. The SMILES string of the molecule is O=S(=O)(NC1CCN(c2nccs2)CC1)c1ccc(C(F)(F)F)cc1. The van der Waals surface area contributed by atoms with Gasteiger partial charge in [0, 0.05) is 30.7 Å². The monoisotopic (exact) mass is 391 g/mol. The molecule has 0 amide bonds. The Kier molecular flexibility index (Phi) is 5.03. The van der Waals surface area contributed by atoms with Crippen LogP contribution in [0.5, 0.6) is 0 Å². The van der Waals surface area contributed by atoms with Crippen LogP contribution in [-0.2, 0) is 16.2 Å². The summed E-state index contributed by atoms with van der Waals surface area (Å²) < 4.78 is 65.0. The number of piperidine rings is 1. The van der Waals surface area contributed by atoms with Crippen molar-refractivity contribution in [2.75, 3.05) is 18.0 Å². The molecule has 10 heteroatoms. The van der Waals surface area contributed by atoms with Crippen molar-refractivity contribution in [3.05, 3.63) is 41.4 Å². The fraction of sp³-hybridized carbons (Fsp3) is 0.400. The van der Waals surface area contributed by atoms with E-state index in [0.717, 1.165) is 29.4 Å². The highest BCUT2D eigenvalue weighted by atomic mass is 32.2. The van der Waals surface area contributed by atoms with Crippen LogP contribution in [0, 0.1) is 0 Å². The predicted molar refractivity (Wildman–Crippen MR) is 89.1 cm³/mol. The summed E-state index contributed by atoms with van der Waals surface area (Å²) in [4.78, 5) is 6.16. The fourth-order valence-electron chi connectivity index (χ4n) is 2.67. The molecule has 0 spiro atoms. The molecule has 0 atom stereocenters. The van der Waals surface area contributed by atoms with Crippen LogP contribution in [0.2, 0.25) is 0 Å². The molecule has 1 fully saturated rings. The van der Waals surface area contributed by atoms with Gasteiger partial charge in [0.1, 0.15) is 0 Å². The van der Waals surface area contributed by atoms with Crippen molar-refractivity contribution in [3.8, 4) is 0 Å². The molecular weight excluding hydrogens is 375 g/mol. The van der Waals surface area contributed by atoms with Crippen LogP contribution in [0.15, 0.2) is 40.7 Å². The lowest BCUT2D eigenvalue weighted by molar-refractivity contribution is -0.137. The number of nitrogens with zero attached hydrogens (tertiary/aromatic N) is 2. The molecule has 0 unspecified atom stereocenters. The first-order chi connectivity index (χ1) is 11.8. The minimum atomic E-state index is -4.49. The Hall–Kier alpha value is -1.65. The number of benzene rings is 1. The summed E-state index contributed by atoms with van der Waals surface area (Å²) >= 11 is 1.53. The summed E-state index contributed by atoms with van der Waals surface area (Å²) in [5, 5.41) is 2.79. The van der Waals surface area contributed by atoms with Crippen molar-refractivity contribution in [1.29, 1.82) is 0 Å². The van der Waals surface area contributed by atoms with E-state index >= 15 is 0 Å². The van der Waals surface area contributed by atoms with E-state index in [2.05, 4.69) is 14.6 Å². The Balaban J connectivity index is 1.62. The second-order valence-corrected chi connectivity index (χ2v) is 8.31. The normalized spacial score (nSPS) is 17.0. The lowest BCUT2D eigenvalue weighted by Crippen LogP contribution is -2.44. The highest BCUT2D eigenvalue weighted by Crippen LogP contribution is 2.30. The number of rotatable bonds is 4. The third kappa shape index (κ3) is 4.31. The van der Waals surface area contributed by atoms with Crippen molar-refractivity contribution in [2.24, 2.45) is 0 Å². The Labute approximate surface area is 147 Å². The van der Waals surface area contributed by atoms with Crippen molar-refractivity contribution in [2.45, 2.75) is 30.0 Å². The number of aromatic nitrogens is 1. The summed E-state index contributed by atoms with van der Waals surface area (Å²) in [6.07, 6.45) is -1.54. The van der Waals surface area contributed by atoms with Crippen LogP contribution in [0.3, 0.4) is 0 Å². The standard InChI is InChI=1S/C15H16F3N3O2S2/c16-15(17,18)11-1-3-13(4-2-11)25(22,23)20-12-5-8-21(9-6-12)14-19-7-10-24-14/h1-4,7,10,12,20H,5-6,8-9H2. The van der Waals surface area contributed by atoms with Gasteiger partial charge in [-0.25, -0.2) is 18.1 Å². The maximum atomic E-state index is 12.6. The molecule has 3 rings (SSSR count). The van der Waals surface area contributed by atoms with Gasteiger partial charge in [-0.2, -0.15) is 13.2 Å². The zero-order valence-electron chi connectivity index (χ0n) is 13.0. The van der Waals surface area contributed by atoms with E-state index in [-0.39, 0.29) is 10.9 Å². The highest BCUT2D eigenvalue weighted by Gasteiger charge is 2.31. The van der Waals surface area contributed by atoms with Gasteiger partial charge in [0.25, 0.3) is 0 Å². The molecule has 1 aliphatic rings. The summed E-state index contributed by atoms with van der Waals surface area (Å²) in [7, 11) is -3.84. The predicted octanol–water partition coefficient (Wildman–Crippen LogP) is 3.11. The third-order valence-electron chi connectivity index (χ3n) is 4.00. The summed E-state index contributed by atoms with van der Waals surface area (Å²) in [5.74, 6) is 0. The van der Waals surface area contributed by atoms with Gasteiger partial charge in [0.15, 0.2) is 5.13 Å². The second kappa shape index (κ2) is 6.93. The van der Waals surface area contributed by atoms with Crippen LogP contribution in [0.4, 0.5) is 18.3 Å². The zero-order chi connectivity index (χ0) is 18.1. The average molecular weight is 391 g/mol. The van der Waals surface area contributed by atoms with Gasteiger partial charge < -0.3 is 4.90 Å². The Bertz CT molecular complexity index is 798. The van der Waals surface area contributed by atoms with E-state index in [1.165, 1.54) is 11.3 Å². The van der Waals surface area contributed by atoms with E-state index in [1.807, 2.05) is 5.38 Å². The quantitative estimate of drug-likeness (QED) is 0.870. The Morgan fingerprint density at radius 3 is 2.32 bits per heavy atom. The van der Waals surface area contributed by atoms with Gasteiger partial charge in [-0.05, 0) is 37.1 Å². The molecule has 0 aliphatic carbocycles. The molecule has 1 aromatic heterocycles. The summed E-state index contributed by atoms with van der Waals surface area (Å²) in [6.45, 7) is 1.35. The lowest BCUT2D eigenvalue weighted by atomic mass is 10.1. The largest absolute Gasteiger partial charge is 0.416 e. The fourth-order valence-corrected chi connectivity index (χ4v) is 4.67. The third-order valence-corrected chi connectivity index (χ3v) is 6.37. The van der Waals surface area contributed by atoms with Gasteiger partial charge in [-0.15, -0.1) is 11.3 Å². The number of hydrogen-bond acceptors (Lipinski definition) is 5. The van der Waals surface area contributed by atoms with E-state index in [0.29, 0.717) is 25.9 Å². The molecule has 2 aromatic rings. The first kappa shape index (κ1) is 18.2. The van der Waals surface area contributed by atoms with E-state index in [1.54, 1.807) is 6.20 Å². The molecule has 1 aliphatic heterocycles. The van der Waals surface area contributed by atoms with Gasteiger partial charge >= 0.3 is 6.18 Å². The molecule has 5 nitrogen and oxygen atoms in total. The molecule has 0 radical (unpaired) electrons. The summed E-state index contributed by atoms with van der Waals surface area (Å²) in [6, 6.07) is 3.27. The van der Waals surface area contributed by atoms with Gasteiger partial charge in [0.05, 0.1) is 10.5 Å². The van der Waals surface area contributed by atoms with Gasteiger partial charge in [-0.1, -0.05) is 0 Å². The number of anilines is 1.